The number of ether oxygens (including phenoxy) is 1. The lowest BCUT2D eigenvalue weighted by Crippen LogP contribution is -2.26. The Morgan fingerprint density at radius 3 is 3.20 bits per heavy atom. The van der Waals surface area contributed by atoms with Crippen molar-refractivity contribution in [3.8, 4) is 5.75 Å². The summed E-state index contributed by atoms with van der Waals surface area (Å²) in [6.45, 7) is 1.03. The molecule has 0 saturated carbocycles. The smallest absolute Gasteiger partial charge is 0.324 e. The van der Waals surface area contributed by atoms with Gasteiger partial charge in [-0.1, -0.05) is 6.07 Å². The van der Waals surface area contributed by atoms with Crippen LogP contribution in [-0.4, -0.2) is 25.1 Å². The summed E-state index contributed by atoms with van der Waals surface area (Å²) in [5.74, 6) is 1.28. The van der Waals surface area contributed by atoms with E-state index in [9.17, 15) is 5.02 Å². The van der Waals surface area contributed by atoms with Crippen LogP contribution in [0, 0.1) is 0 Å². The Morgan fingerprint density at radius 2 is 2.40 bits per heavy atom. The number of hydrogen-bond donors (Lipinski definition) is 2. The van der Waals surface area contributed by atoms with Crippen LogP contribution in [0.5, 0.6) is 5.75 Å². The summed E-state index contributed by atoms with van der Waals surface area (Å²) in [4.78, 5) is 0. The predicted molar refractivity (Wildman–Crippen MR) is 59.9 cm³/mol. The molecule has 2 aliphatic heterocycles. The first-order valence-corrected chi connectivity index (χ1v) is 5.47. The van der Waals surface area contributed by atoms with Gasteiger partial charge < -0.3 is 15.5 Å². The molecule has 0 radical (unpaired) electrons. The third kappa shape index (κ3) is 1.29. The van der Waals surface area contributed by atoms with E-state index < -0.39 is 0 Å². The van der Waals surface area contributed by atoms with Gasteiger partial charge >= 0.3 is 6.92 Å². The molecule has 0 bridgehead atoms. The molecule has 0 spiro atoms. The first-order valence-electron chi connectivity index (χ1n) is 5.47. The molecule has 3 N–H and O–H groups in total. The van der Waals surface area contributed by atoms with E-state index in [4.69, 9.17) is 10.5 Å². The van der Waals surface area contributed by atoms with Crippen molar-refractivity contribution < 1.29 is 9.76 Å². The van der Waals surface area contributed by atoms with Gasteiger partial charge in [-0.3, -0.25) is 0 Å². The summed E-state index contributed by atoms with van der Waals surface area (Å²) >= 11 is 0. The summed E-state index contributed by atoms with van der Waals surface area (Å²) in [5, 5.41) is 9.92. The van der Waals surface area contributed by atoms with Gasteiger partial charge in [-0.15, -0.1) is 0 Å². The van der Waals surface area contributed by atoms with Gasteiger partial charge in [-0.25, -0.2) is 0 Å². The van der Waals surface area contributed by atoms with Gasteiger partial charge in [-0.2, -0.15) is 0 Å². The fraction of sp³-hybridized carbons (Fsp3) is 0.455. The highest BCUT2D eigenvalue weighted by Crippen LogP contribution is 2.33. The molecule has 1 aromatic carbocycles. The standard InChI is InChI=1S/C11H14BNO2/c13-6-8-5-12(14)10-3-7-1-2-15-11(7)4-9(8)10/h3-4,8,14H,1-2,5-6,13H2. The van der Waals surface area contributed by atoms with Gasteiger partial charge in [-0.05, 0) is 41.4 Å². The van der Waals surface area contributed by atoms with Crippen LogP contribution in [0.2, 0.25) is 6.32 Å². The van der Waals surface area contributed by atoms with Crippen molar-refractivity contribution in [2.45, 2.75) is 18.7 Å². The molecule has 0 amide bonds. The van der Waals surface area contributed by atoms with Gasteiger partial charge in [0.25, 0.3) is 0 Å². The summed E-state index contributed by atoms with van der Waals surface area (Å²) < 4.78 is 5.53. The highest BCUT2D eigenvalue weighted by Gasteiger charge is 2.34. The highest BCUT2D eigenvalue weighted by atomic mass is 16.5. The summed E-state index contributed by atoms with van der Waals surface area (Å²) in [7, 11) is 0. The summed E-state index contributed by atoms with van der Waals surface area (Å²) in [6.07, 6.45) is 1.72. The molecular weight excluding hydrogens is 189 g/mol. The van der Waals surface area contributed by atoms with Crippen LogP contribution < -0.4 is 15.9 Å². The average Bonchev–Trinajstić information content (AvgIpc) is 2.81. The van der Waals surface area contributed by atoms with E-state index in [-0.39, 0.29) is 6.92 Å². The van der Waals surface area contributed by atoms with Crippen molar-refractivity contribution in [3.63, 3.8) is 0 Å². The third-order valence-electron chi connectivity index (χ3n) is 3.49. The Kier molecular flexibility index (Phi) is 2.01. The number of fused-ring (bicyclic) bond motifs is 2. The first kappa shape index (κ1) is 9.25. The van der Waals surface area contributed by atoms with Crippen molar-refractivity contribution in [3.05, 3.63) is 23.3 Å². The van der Waals surface area contributed by atoms with Crippen molar-refractivity contribution >= 4 is 12.4 Å². The van der Waals surface area contributed by atoms with E-state index in [1.54, 1.807) is 0 Å². The SMILES string of the molecule is NCC1CB(O)c2cc3c(cc21)OCC3. The Labute approximate surface area is 89.3 Å². The van der Waals surface area contributed by atoms with Crippen LogP contribution in [0.15, 0.2) is 12.1 Å². The first-order chi connectivity index (χ1) is 7.29. The van der Waals surface area contributed by atoms with Crippen LogP contribution in [0.25, 0.3) is 0 Å². The van der Waals surface area contributed by atoms with E-state index in [0.717, 1.165) is 30.6 Å². The molecule has 1 atom stereocenters. The second-order valence-electron chi connectivity index (χ2n) is 4.37. The van der Waals surface area contributed by atoms with Crippen molar-refractivity contribution in [2.24, 2.45) is 5.73 Å². The molecule has 3 rings (SSSR count). The van der Waals surface area contributed by atoms with Crippen LogP contribution in [0.4, 0.5) is 0 Å². The largest absolute Gasteiger partial charge is 0.493 e. The molecule has 2 heterocycles. The Morgan fingerprint density at radius 1 is 1.53 bits per heavy atom. The highest BCUT2D eigenvalue weighted by molar-refractivity contribution is 6.68. The lowest BCUT2D eigenvalue weighted by Gasteiger charge is -2.09. The van der Waals surface area contributed by atoms with E-state index in [2.05, 4.69) is 12.1 Å². The van der Waals surface area contributed by atoms with Crippen LogP contribution in [0.1, 0.15) is 17.0 Å². The topological polar surface area (TPSA) is 55.5 Å². The summed E-state index contributed by atoms with van der Waals surface area (Å²) in [5.41, 5.74) is 9.18. The predicted octanol–water partition coefficient (Wildman–Crippen LogP) is -0.132. The van der Waals surface area contributed by atoms with Crippen LogP contribution in [0.3, 0.4) is 0 Å². The normalized spacial score (nSPS) is 22.5. The summed E-state index contributed by atoms with van der Waals surface area (Å²) in [6, 6.07) is 4.17. The molecule has 1 aromatic rings. The van der Waals surface area contributed by atoms with Crippen molar-refractivity contribution in [1.82, 2.24) is 0 Å². The minimum atomic E-state index is -0.334. The van der Waals surface area contributed by atoms with Gasteiger partial charge in [0, 0.05) is 6.42 Å². The Balaban J connectivity index is 2.11. The molecule has 4 heteroatoms. The monoisotopic (exact) mass is 203 g/mol. The maximum absolute atomic E-state index is 9.92. The molecule has 78 valence electrons. The Bertz CT molecular complexity index is 408. The van der Waals surface area contributed by atoms with Gasteiger partial charge in [0.2, 0.25) is 0 Å². The quantitative estimate of drug-likeness (QED) is 0.625. The van der Waals surface area contributed by atoms with E-state index >= 15 is 0 Å². The molecule has 2 aliphatic rings. The molecule has 0 aliphatic carbocycles. The molecule has 0 aromatic heterocycles. The number of rotatable bonds is 1. The second-order valence-corrected chi connectivity index (χ2v) is 4.37. The lowest BCUT2D eigenvalue weighted by molar-refractivity contribution is 0.356. The van der Waals surface area contributed by atoms with Gasteiger partial charge in [0.15, 0.2) is 0 Å². The fourth-order valence-corrected chi connectivity index (χ4v) is 2.65. The number of benzene rings is 1. The maximum atomic E-state index is 9.92. The van der Waals surface area contributed by atoms with E-state index in [1.165, 1.54) is 11.1 Å². The minimum absolute atomic E-state index is 0.296. The van der Waals surface area contributed by atoms with E-state index in [1.807, 2.05) is 0 Å². The Hall–Kier alpha value is -0.995. The van der Waals surface area contributed by atoms with E-state index in [0.29, 0.717) is 12.5 Å². The van der Waals surface area contributed by atoms with Crippen molar-refractivity contribution in [1.29, 1.82) is 0 Å². The zero-order valence-corrected chi connectivity index (χ0v) is 8.57. The molecule has 0 fully saturated rings. The van der Waals surface area contributed by atoms with Gasteiger partial charge in [0.1, 0.15) is 5.75 Å². The lowest BCUT2D eigenvalue weighted by atomic mass is 9.62. The number of hydrogen-bond acceptors (Lipinski definition) is 3. The average molecular weight is 203 g/mol. The van der Waals surface area contributed by atoms with Gasteiger partial charge in [0.05, 0.1) is 6.61 Å². The molecule has 15 heavy (non-hydrogen) atoms. The zero-order chi connectivity index (χ0) is 10.4. The molecule has 0 saturated heterocycles. The minimum Gasteiger partial charge on any atom is -0.493 e. The number of nitrogens with two attached hydrogens (primary N) is 1. The van der Waals surface area contributed by atoms with Crippen LogP contribution >= 0.6 is 0 Å². The zero-order valence-electron chi connectivity index (χ0n) is 8.57. The van der Waals surface area contributed by atoms with Crippen molar-refractivity contribution in [2.75, 3.05) is 13.2 Å². The molecule has 3 nitrogen and oxygen atoms in total. The molecule has 1 unspecified atom stereocenters. The second kappa shape index (κ2) is 3.25. The third-order valence-corrected chi connectivity index (χ3v) is 3.49. The molecular formula is C11H14BNO2. The fourth-order valence-electron chi connectivity index (χ4n) is 2.65. The van der Waals surface area contributed by atoms with Crippen LogP contribution in [-0.2, 0) is 6.42 Å². The maximum Gasteiger partial charge on any atom is 0.324 e.